The van der Waals surface area contributed by atoms with Crippen LogP contribution in [0.25, 0.3) is 11.1 Å². The molecule has 4 heteroatoms. The van der Waals surface area contributed by atoms with Crippen LogP contribution in [0.15, 0.2) is 66.7 Å². The smallest absolute Gasteiger partial charge is 0.235 e. The van der Waals surface area contributed by atoms with Crippen LogP contribution >= 0.6 is 0 Å². The average molecular weight is 359 g/mol. The maximum Gasteiger partial charge on any atom is 0.235 e. The van der Waals surface area contributed by atoms with Crippen LogP contribution in [0.1, 0.15) is 24.0 Å². The summed E-state index contributed by atoms with van der Waals surface area (Å²) in [6.45, 7) is 2.00. The molecule has 1 aliphatic rings. The Morgan fingerprint density at radius 2 is 1.67 bits per heavy atom. The summed E-state index contributed by atoms with van der Waals surface area (Å²) in [5.74, 6) is -0.462. The molecular weight excluding hydrogens is 338 g/mol. The van der Waals surface area contributed by atoms with Crippen molar-refractivity contribution in [3.8, 4) is 22.6 Å². The van der Waals surface area contributed by atoms with Gasteiger partial charge in [0.25, 0.3) is 0 Å². The van der Waals surface area contributed by atoms with E-state index in [1.807, 2.05) is 43.3 Å². The fourth-order valence-electron chi connectivity index (χ4n) is 3.54. The maximum atomic E-state index is 13.0. The number of nitrogens with one attached hydrogen (secondary N) is 1. The first-order valence-corrected chi connectivity index (χ1v) is 9.00. The third-order valence-electron chi connectivity index (χ3n) is 5.38. The van der Waals surface area contributed by atoms with Gasteiger partial charge in [0.2, 0.25) is 5.91 Å². The lowest BCUT2D eigenvalue weighted by molar-refractivity contribution is -0.118. The summed E-state index contributed by atoms with van der Waals surface area (Å²) in [4.78, 5) is 13.0. The first-order chi connectivity index (χ1) is 13.0. The quantitative estimate of drug-likeness (QED) is 0.589. The fraction of sp³-hybridized carbons (Fsp3) is 0.174. The molecule has 4 nitrogen and oxygen atoms in total. The molecule has 136 valence electrons. The van der Waals surface area contributed by atoms with Gasteiger partial charge in [-0.2, -0.15) is 0 Å². The van der Waals surface area contributed by atoms with Crippen molar-refractivity contribution in [2.24, 2.45) is 0 Å². The first kappa shape index (κ1) is 17.2. The molecular formula is C23H21NO3. The molecule has 0 aliphatic heterocycles. The minimum Gasteiger partial charge on any atom is -0.504 e. The molecule has 0 unspecified atom stereocenters. The highest BCUT2D eigenvalue weighted by Crippen LogP contribution is 2.50. The van der Waals surface area contributed by atoms with Gasteiger partial charge < -0.3 is 15.5 Å². The Kier molecular flexibility index (Phi) is 4.11. The van der Waals surface area contributed by atoms with Crippen LogP contribution < -0.4 is 5.32 Å². The second kappa shape index (κ2) is 6.47. The van der Waals surface area contributed by atoms with Crippen molar-refractivity contribution in [2.75, 3.05) is 5.32 Å². The minimum atomic E-state index is -0.639. The van der Waals surface area contributed by atoms with Crippen molar-refractivity contribution in [1.29, 1.82) is 0 Å². The zero-order chi connectivity index (χ0) is 19.0. The molecule has 1 saturated carbocycles. The topological polar surface area (TPSA) is 69.6 Å². The average Bonchev–Trinajstić information content (AvgIpc) is 3.48. The highest BCUT2D eigenvalue weighted by molar-refractivity contribution is 6.02. The Labute approximate surface area is 158 Å². The van der Waals surface area contributed by atoms with Crippen molar-refractivity contribution in [3.63, 3.8) is 0 Å². The second-order valence-electron chi connectivity index (χ2n) is 7.08. The number of phenolic OH excluding ortho intramolecular Hbond substituents is 2. The predicted octanol–water partition coefficient (Wildman–Crippen LogP) is 4.74. The highest BCUT2D eigenvalue weighted by atomic mass is 16.3. The molecule has 1 amide bonds. The normalized spacial score (nSPS) is 14.6. The monoisotopic (exact) mass is 359 g/mol. The van der Waals surface area contributed by atoms with Crippen LogP contribution in [0.5, 0.6) is 11.5 Å². The molecule has 1 aliphatic carbocycles. The zero-order valence-electron chi connectivity index (χ0n) is 15.1. The van der Waals surface area contributed by atoms with Gasteiger partial charge in [-0.15, -0.1) is 0 Å². The first-order valence-electron chi connectivity index (χ1n) is 9.00. The van der Waals surface area contributed by atoms with E-state index in [9.17, 15) is 15.0 Å². The summed E-state index contributed by atoms with van der Waals surface area (Å²) in [6.07, 6.45) is 1.45. The van der Waals surface area contributed by atoms with Crippen LogP contribution in [0.4, 0.5) is 5.69 Å². The minimum absolute atomic E-state index is 0.0825. The molecule has 3 aromatic carbocycles. The van der Waals surface area contributed by atoms with Crippen molar-refractivity contribution in [3.05, 3.63) is 77.9 Å². The number of hydrogen-bond acceptors (Lipinski definition) is 3. The van der Waals surface area contributed by atoms with E-state index in [2.05, 4.69) is 17.4 Å². The number of rotatable bonds is 4. The van der Waals surface area contributed by atoms with E-state index in [1.54, 1.807) is 6.07 Å². The van der Waals surface area contributed by atoms with Gasteiger partial charge in [-0.3, -0.25) is 4.79 Å². The number of hydrogen-bond donors (Lipinski definition) is 3. The molecule has 0 bridgehead atoms. The van der Waals surface area contributed by atoms with Crippen LogP contribution in [-0.2, 0) is 10.2 Å². The van der Waals surface area contributed by atoms with Crippen LogP contribution in [0, 0.1) is 6.92 Å². The van der Waals surface area contributed by atoms with Gasteiger partial charge in [0.15, 0.2) is 11.5 Å². The Morgan fingerprint density at radius 1 is 0.926 bits per heavy atom. The summed E-state index contributed by atoms with van der Waals surface area (Å²) >= 11 is 0. The van der Waals surface area contributed by atoms with Gasteiger partial charge in [-0.1, -0.05) is 48.5 Å². The van der Waals surface area contributed by atoms with Gasteiger partial charge in [0.1, 0.15) is 0 Å². The van der Waals surface area contributed by atoms with Gasteiger partial charge in [-0.25, -0.2) is 0 Å². The predicted molar refractivity (Wildman–Crippen MR) is 106 cm³/mol. The number of amides is 1. The van der Waals surface area contributed by atoms with Crippen LogP contribution in [0.2, 0.25) is 0 Å². The van der Waals surface area contributed by atoms with Gasteiger partial charge in [0.05, 0.1) is 5.41 Å². The van der Waals surface area contributed by atoms with E-state index in [0.717, 1.165) is 40.8 Å². The lowest BCUT2D eigenvalue weighted by Gasteiger charge is -2.18. The van der Waals surface area contributed by atoms with Crippen LogP contribution in [-0.4, -0.2) is 16.1 Å². The van der Waals surface area contributed by atoms with E-state index in [0.29, 0.717) is 0 Å². The van der Waals surface area contributed by atoms with Crippen molar-refractivity contribution >= 4 is 11.6 Å². The fourth-order valence-corrected chi connectivity index (χ4v) is 3.54. The van der Waals surface area contributed by atoms with E-state index < -0.39 is 5.41 Å². The maximum absolute atomic E-state index is 13.0. The van der Waals surface area contributed by atoms with Gasteiger partial charge in [0, 0.05) is 5.69 Å². The Balaban J connectivity index is 1.63. The van der Waals surface area contributed by atoms with Crippen molar-refractivity contribution < 1.29 is 15.0 Å². The molecule has 0 heterocycles. The summed E-state index contributed by atoms with van der Waals surface area (Å²) in [5.41, 5.74) is 4.08. The molecule has 0 atom stereocenters. The largest absolute Gasteiger partial charge is 0.504 e. The molecule has 3 N–H and O–H groups in total. The summed E-state index contributed by atoms with van der Waals surface area (Å²) in [5, 5.41) is 22.4. The molecule has 0 aromatic heterocycles. The van der Waals surface area contributed by atoms with E-state index in [-0.39, 0.29) is 17.4 Å². The second-order valence-corrected chi connectivity index (χ2v) is 7.08. The molecule has 4 rings (SSSR count). The molecule has 1 fully saturated rings. The van der Waals surface area contributed by atoms with E-state index >= 15 is 0 Å². The Morgan fingerprint density at radius 3 is 2.33 bits per heavy atom. The number of anilines is 1. The SMILES string of the molecule is Cc1c(NC(=O)C2(c3ccc(O)c(O)c3)CC2)cccc1-c1ccccc1. The number of aromatic hydroxyl groups is 2. The molecule has 0 spiro atoms. The number of benzene rings is 3. The Bertz CT molecular complexity index is 1010. The standard InChI is InChI=1S/C23H21NO3/c1-15-18(16-6-3-2-4-7-16)8-5-9-19(15)24-22(27)23(12-13-23)17-10-11-20(25)21(26)14-17/h2-11,14,25-26H,12-13H2,1H3,(H,24,27). The zero-order valence-corrected chi connectivity index (χ0v) is 15.1. The van der Waals surface area contributed by atoms with E-state index in [4.69, 9.17) is 0 Å². The van der Waals surface area contributed by atoms with Crippen LogP contribution in [0.3, 0.4) is 0 Å². The molecule has 0 radical (unpaired) electrons. The molecule has 0 saturated heterocycles. The Hall–Kier alpha value is -3.27. The lowest BCUT2D eigenvalue weighted by Crippen LogP contribution is -2.28. The number of phenols is 2. The molecule has 3 aromatic rings. The van der Waals surface area contributed by atoms with Crippen molar-refractivity contribution in [2.45, 2.75) is 25.2 Å². The lowest BCUT2D eigenvalue weighted by atomic mass is 9.93. The van der Waals surface area contributed by atoms with E-state index in [1.165, 1.54) is 12.1 Å². The third kappa shape index (κ3) is 3.04. The molecule has 27 heavy (non-hydrogen) atoms. The van der Waals surface area contributed by atoms with Crippen molar-refractivity contribution in [1.82, 2.24) is 0 Å². The summed E-state index contributed by atoms with van der Waals surface area (Å²) in [7, 11) is 0. The summed E-state index contributed by atoms with van der Waals surface area (Å²) in [6, 6.07) is 20.6. The highest BCUT2D eigenvalue weighted by Gasteiger charge is 2.51. The van der Waals surface area contributed by atoms with Gasteiger partial charge in [-0.05, 0) is 60.2 Å². The third-order valence-corrected chi connectivity index (χ3v) is 5.38. The number of carbonyl (C=O) groups excluding carboxylic acids is 1. The number of carbonyl (C=O) groups is 1. The van der Waals surface area contributed by atoms with Gasteiger partial charge >= 0.3 is 0 Å². The summed E-state index contributed by atoms with van der Waals surface area (Å²) < 4.78 is 0.